The second kappa shape index (κ2) is 7.24. The van der Waals surface area contributed by atoms with E-state index >= 15 is 0 Å². The van der Waals surface area contributed by atoms with Crippen molar-refractivity contribution in [3.8, 4) is 11.5 Å². The van der Waals surface area contributed by atoms with Crippen molar-refractivity contribution in [2.24, 2.45) is 0 Å². The molecule has 0 radical (unpaired) electrons. The first kappa shape index (κ1) is 18.3. The van der Waals surface area contributed by atoms with Gasteiger partial charge in [-0.2, -0.15) is 0 Å². The second-order valence-electron chi connectivity index (χ2n) is 4.99. The minimum absolute atomic E-state index is 0.251. The number of benzene rings is 1. The third kappa shape index (κ3) is 3.73. The van der Waals surface area contributed by atoms with Crippen molar-refractivity contribution in [2.45, 2.75) is 23.2 Å². The molecule has 0 fully saturated rings. The number of carbonyl (C=O) groups is 1. The first-order valence-corrected chi connectivity index (χ1v) is 8.21. The lowest BCUT2D eigenvalue weighted by atomic mass is 9.92. The average molecular weight is 383 g/mol. The highest BCUT2D eigenvalue weighted by molar-refractivity contribution is 6.68. The highest BCUT2D eigenvalue weighted by atomic mass is 35.6. The zero-order chi connectivity index (χ0) is 17.2. The topological polar surface area (TPSA) is 48.0 Å². The SMILES string of the molecule is CCOC(=O)N1CCc2cc(OC)c(OC)cc2C1C(Cl)(Cl)Cl. The predicted molar refractivity (Wildman–Crippen MR) is 90.0 cm³/mol. The lowest BCUT2D eigenvalue weighted by Crippen LogP contribution is -2.45. The number of nitrogens with zero attached hydrogens (tertiary/aromatic N) is 1. The number of carbonyl (C=O) groups excluding carboxylic acids is 1. The van der Waals surface area contributed by atoms with E-state index in [0.717, 1.165) is 5.56 Å². The smallest absolute Gasteiger partial charge is 0.410 e. The molecule has 8 heteroatoms. The zero-order valence-electron chi connectivity index (χ0n) is 13.1. The largest absolute Gasteiger partial charge is 0.493 e. The number of fused-ring (bicyclic) bond motifs is 1. The fourth-order valence-corrected chi connectivity index (χ4v) is 3.41. The van der Waals surface area contributed by atoms with E-state index in [4.69, 9.17) is 49.0 Å². The summed E-state index contributed by atoms with van der Waals surface area (Å²) >= 11 is 18.5. The highest BCUT2D eigenvalue weighted by Crippen LogP contribution is 2.49. The van der Waals surface area contributed by atoms with Crippen LogP contribution in [0.3, 0.4) is 0 Å². The number of ether oxygens (including phenoxy) is 3. The lowest BCUT2D eigenvalue weighted by molar-refractivity contribution is 0.0870. The molecule has 1 atom stereocenters. The Balaban J connectivity index is 2.53. The van der Waals surface area contributed by atoms with Gasteiger partial charge < -0.3 is 14.2 Å². The van der Waals surface area contributed by atoms with Crippen LogP contribution in [0.4, 0.5) is 4.79 Å². The lowest BCUT2D eigenvalue weighted by Gasteiger charge is -2.40. The molecule has 128 valence electrons. The molecule has 23 heavy (non-hydrogen) atoms. The Morgan fingerprint density at radius 3 is 2.39 bits per heavy atom. The van der Waals surface area contributed by atoms with Crippen LogP contribution >= 0.6 is 34.8 Å². The van der Waals surface area contributed by atoms with Gasteiger partial charge in [0.05, 0.1) is 20.8 Å². The molecule has 1 aliphatic heterocycles. The molecule has 5 nitrogen and oxygen atoms in total. The molecule has 0 saturated carbocycles. The fourth-order valence-electron chi connectivity index (χ4n) is 2.70. The first-order valence-electron chi connectivity index (χ1n) is 7.08. The molecule has 0 N–H and O–H groups in total. The maximum atomic E-state index is 12.2. The second-order valence-corrected chi connectivity index (χ2v) is 7.36. The molecular weight excluding hydrogens is 365 g/mol. The molecule has 0 bridgehead atoms. The Labute approximate surface area is 150 Å². The minimum Gasteiger partial charge on any atom is -0.493 e. The molecule has 0 aromatic heterocycles. The number of rotatable bonds is 3. The number of halogens is 3. The summed E-state index contributed by atoms with van der Waals surface area (Å²) in [6.45, 7) is 2.37. The van der Waals surface area contributed by atoms with Crippen molar-refractivity contribution < 1.29 is 19.0 Å². The van der Waals surface area contributed by atoms with E-state index in [0.29, 0.717) is 30.0 Å². The van der Waals surface area contributed by atoms with Crippen molar-refractivity contribution >= 4 is 40.9 Å². The monoisotopic (exact) mass is 381 g/mol. The Morgan fingerprint density at radius 2 is 1.87 bits per heavy atom. The summed E-state index contributed by atoms with van der Waals surface area (Å²) in [5.41, 5.74) is 1.65. The Hall–Kier alpha value is -1.04. The number of methoxy groups -OCH3 is 2. The Kier molecular flexibility index (Phi) is 5.76. The van der Waals surface area contributed by atoms with Gasteiger partial charge >= 0.3 is 6.09 Å². The molecule has 1 aromatic rings. The van der Waals surface area contributed by atoms with Gasteiger partial charge in [0.2, 0.25) is 3.79 Å². The van der Waals surface area contributed by atoms with Gasteiger partial charge in [-0.25, -0.2) is 4.79 Å². The van der Waals surface area contributed by atoms with Crippen LogP contribution in [-0.2, 0) is 11.2 Å². The standard InChI is InChI=1S/C15H18Cl3NO4/c1-4-23-14(20)19-6-5-9-7-11(21-2)12(22-3)8-10(9)13(19)15(16,17)18/h7-8,13H,4-6H2,1-3H3. The van der Waals surface area contributed by atoms with Crippen molar-refractivity contribution in [3.63, 3.8) is 0 Å². The van der Waals surface area contributed by atoms with E-state index in [1.165, 1.54) is 12.0 Å². The summed E-state index contributed by atoms with van der Waals surface area (Å²) in [5.74, 6) is 1.11. The molecule has 1 unspecified atom stereocenters. The predicted octanol–water partition coefficient (Wildman–Crippen LogP) is 4.13. The van der Waals surface area contributed by atoms with Crippen molar-refractivity contribution in [1.82, 2.24) is 4.90 Å². The van der Waals surface area contributed by atoms with Gasteiger partial charge in [0, 0.05) is 6.54 Å². The molecule has 1 amide bonds. The molecule has 1 aromatic carbocycles. The van der Waals surface area contributed by atoms with E-state index in [1.54, 1.807) is 20.1 Å². The van der Waals surface area contributed by atoms with Crippen LogP contribution in [0, 0.1) is 0 Å². The van der Waals surface area contributed by atoms with E-state index in [9.17, 15) is 4.79 Å². The average Bonchev–Trinajstić information content (AvgIpc) is 2.51. The summed E-state index contributed by atoms with van der Waals surface area (Å²) in [4.78, 5) is 13.6. The summed E-state index contributed by atoms with van der Waals surface area (Å²) in [6.07, 6.45) is 0.0930. The Morgan fingerprint density at radius 1 is 1.26 bits per heavy atom. The summed E-state index contributed by atoms with van der Waals surface area (Å²) in [5, 5.41) is 0. The van der Waals surface area contributed by atoms with Crippen LogP contribution in [0.15, 0.2) is 12.1 Å². The van der Waals surface area contributed by atoms with Crippen LogP contribution in [-0.4, -0.2) is 42.2 Å². The van der Waals surface area contributed by atoms with Crippen LogP contribution in [0.1, 0.15) is 24.1 Å². The summed E-state index contributed by atoms with van der Waals surface area (Å²) < 4.78 is 14.0. The third-order valence-electron chi connectivity index (χ3n) is 3.69. The van der Waals surface area contributed by atoms with Crippen molar-refractivity contribution in [2.75, 3.05) is 27.4 Å². The van der Waals surface area contributed by atoms with Gasteiger partial charge in [0.15, 0.2) is 11.5 Å². The summed E-state index contributed by atoms with van der Waals surface area (Å²) in [6, 6.07) is 2.82. The van der Waals surface area contributed by atoms with Crippen LogP contribution in [0.5, 0.6) is 11.5 Å². The van der Waals surface area contributed by atoms with Crippen LogP contribution in [0.25, 0.3) is 0 Å². The zero-order valence-corrected chi connectivity index (χ0v) is 15.3. The highest BCUT2D eigenvalue weighted by Gasteiger charge is 2.45. The van der Waals surface area contributed by atoms with Gasteiger partial charge in [-0.05, 0) is 36.6 Å². The van der Waals surface area contributed by atoms with Crippen LogP contribution < -0.4 is 9.47 Å². The number of hydrogen-bond acceptors (Lipinski definition) is 4. The van der Waals surface area contributed by atoms with E-state index in [1.807, 2.05) is 6.07 Å². The third-order valence-corrected chi connectivity index (χ3v) is 4.31. The number of alkyl halides is 3. The number of amides is 1. The van der Waals surface area contributed by atoms with E-state index in [-0.39, 0.29) is 6.61 Å². The summed E-state index contributed by atoms with van der Waals surface area (Å²) in [7, 11) is 3.09. The molecule has 0 aliphatic carbocycles. The van der Waals surface area contributed by atoms with Gasteiger partial charge in [-0.1, -0.05) is 34.8 Å². The molecule has 0 saturated heterocycles. The van der Waals surface area contributed by atoms with E-state index < -0.39 is 15.9 Å². The fraction of sp³-hybridized carbons (Fsp3) is 0.533. The van der Waals surface area contributed by atoms with Gasteiger partial charge in [-0.3, -0.25) is 4.90 Å². The van der Waals surface area contributed by atoms with Gasteiger partial charge in [0.1, 0.15) is 6.04 Å². The molecule has 1 heterocycles. The first-order chi connectivity index (χ1) is 10.8. The maximum absolute atomic E-state index is 12.2. The van der Waals surface area contributed by atoms with Gasteiger partial charge in [0.25, 0.3) is 0 Å². The molecule has 1 aliphatic rings. The maximum Gasteiger partial charge on any atom is 0.410 e. The van der Waals surface area contributed by atoms with Gasteiger partial charge in [-0.15, -0.1) is 0 Å². The molecule has 2 rings (SSSR count). The molecule has 0 spiro atoms. The quantitative estimate of drug-likeness (QED) is 0.738. The van der Waals surface area contributed by atoms with Crippen molar-refractivity contribution in [1.29, 1.82) is 0 Å². The minimum atomic E-state index is -1.71. The molecular formula is C15H18Cl3NO4. The number of hydrogen-bond donors (Lipinski definition) is 0. The van der Waals surface area contributed by atoms with Crippen LogP contribution in [0.2, 0.25) is 0 Å². The Bertz CT molecular complexity index is 589. The van der Waals surface area contributed by atoms with Crippen molar-refractivity contribution in [3.05, 3.63) is 23.3 Å². The van der Waals surface area contributed by atoms with E-state index in [2.05, 4.69) is 0 Å². The normalized spacial score (nSPS) is 17.5.